The minimum absolute atomic E-state index is 0.505. The molecule has 2 N–H and O–H groups in total. The Morgan fingerprint density at radius 2 is 2.14 bits per heavy atom. The van der Waals surface area contributed by atoms with Gasteiger partial charge in [-0.1, -0.05) is 6.07 Å². The van der Waals surface area contributed by atoms with Gasteiger partial charge in [0.1, 0.15) is 5.82 Å². The fourth-order valence-corrected chi connectivity index (χ4v) is 2.48. The zero-order chi connectivity index (χ0) is 15.2. The second-order valence-corrected chi connectivity index (χ2v) is 5.83. The van der Waals surface area contributed by atoms with Gasteiger partial charge < -0.3 is 15.0 Å². The van der Waals surface area contributed by atoms with Gasteiger partial charge in [-0.25, -0.2) is 4.98 Å². The van der Waals surface area contributed by atoms with Crippen molar-refractivity contribution in [2.45, 2.75) is 46.1 Å². The lowest BCUT2D eigenvalue weighted by Gasteiger charge is -2.12. The number of imidazole rings is 1. The first kappa shape index (κ1) is 16.0. The van der Waals surface area contributed by atoms with Crippen molar-refractivity contribution in [3.63, 3.8) is 0 Å². The normalized spacial score (nSPS) is 13.0. The van der Waals surface area contributed by atoms with Crippen LogP contribution in [0.15, 0.2) is 12.1 Å². The molecule has 1 aromatic carbocycles. The lowest BCUT2D eigenvalue weighted by atomic mass is 10.1. The predicted molar refractivity (Wildman–Crippen MR) is 87.8 cm³/mol. The zero-order valence-electron chi connectivity index (χ0n) is 13.6. The third-order valence-electron chi connectivity index (χ3n) is 4.07. The van der Waals surface area contributed by atoms with Gasteiger partial charge in [-0.2, -0.15) is 0 Å². The Morgan fingerprint density at radius 1 is 1.33 bits per heavy atom. The molecule has 0 amide bonds. The van der Waals surface area contributed by atoms with Crippen molar-refractivity contribution in [1.82, 2.24) is 15.3 Å². The largest absolute Gasteiger partial charge is 0.385 e. The highest BCUT2D eigenvalue weighted by Gasteiger charge is 2.07. The van der Waals surface area contributed by atoms with E-state index in [2.05, 4.69) is 43.2 Å². The molecule has 0 saturated carbocycles. The van der Waals surface area contributed by atoms with Crippen molar-refractivity contribution in [3.8, 4) is 0 Å². The van der Waals surface area contributed by atoms with Gasteiger partial charge in [0.2, 0.25) is 0 Å². The SMILES string of the molecule is COCCC(C)NCCCc1nc2c(C)c(C)ccc2[nH]1. The van der Waals surface area contributed by atoms with Gasteiger partial charge in [-0.3, -0.25) is 0 Å². The van der Waals surface area contributed by atoms with Crippen molar-refractivity contribution < 1.29 is 4.74 Å². The van der Waals surface area contributed by atoms with E-state index in [9.17, 15) is 0 Å². The fraction of sp³-hybridized carbons (Fsp3) is 0.588. The molecular weight excluding hydrogens is 262 g/mol. The molecule has 0 spiro atoms. The lowest BCUT2D eigenvalue weighted by molar-refractivity contribution is 0.185. The van der Waals surface area contributed by atoms with Crippen LogP contribution in [0.2, 0.25) is 0 Å². The van der Waals surface area contributed by atoms with Gasteiger partial charge in [0.05, 0.1) is 11.0 Å². The number of nitrogens with zero attached hydrogens (tertiary/aromatic N) is 1. The summed E-state index contributed by atoms with van der Waals surface area (Å²) >= 11 is 0. The van der Waals surface area contributed by atoms with Crippen LogP contribution < -0.4 is 5.32 Å². The number of aryl methyl sites for hydroxylation is 3. The van der Waals surface area contributed by atoms with E-state index in [1.54, 1.807) is 7.11 Å². The van der Waals surface area contributed by atoms with Gasteiger partial charge in [-0.15, -0.1) is 0 Å². The van der Waals surface area contributed by atoms with Gasteiger partial charge in [0.15, 0.2) is 0 Å². The quantitative estimate of drug-likeness (QED) is 0.734. The average molecular weight is 289 g/mol. The number of H-pyrrole nitrogens is 1. The Hall–Kier alpha value is -1.39. The van der Waals surface area contributed by atoms with Crippen LogP contribution in [0, 0.1) is 13.8 Å². The van der Waals surface area contributed by atoms with E-state index in [-0.39, 0.29) is 0 Å². The van der Waals surface area contributed by atoms with Gasteiger partial charge in [0, 0.05) is 26.2 Å². The molecule has 1 aromatic heterocycles. The summed E-state index contributed by atoms with van der Waals surface area (Å²) < 4.78 is 5.09. The number of rotatable bonds is 8. The second kappa shape index (κ2) is 7.57. The van der Waals surface area contributed by atoms with Crippen LogP contribution in [0.25, 0.3) is 11.0 Å². The summed E-state index contributed by atoms with van der Waals surface area (Å²) in [4.78, 5) is 8.16. The molecule has 1 atom stereocenters. The van der Waals surface area contributed by atoms with Gasteiger partial charge >= 0.3 is 0 Å². The molecule has 0 radical (unpaired) electrons. The molecule has 4 heteroatoms. The summed E-state index contributed by atoms with van der Waals surface area (Å²) in [5, 5.41) is 3.52. The number of hydrogen-bond acceptors (Lipinski definition) is 3. The summed E-state index contributed by atoms with van der Waals surface area (Å²) in [6, 6.07) is 4.78. The molecule has 0 bridgehead atoms. The number of fused-ring (bicyclic) bond motifs is 1. The molecule has 1 heterocycles. The molecule has 2 rings (SSSR count). The van der Waals surface area contributed by atoms with Crippen LogP contribution in [0.5, 0.6) is 0 Å². The van der Waals surface area contributed by atoms with Crippen LogP contribution in [0.4, 0.5) is 0 Å². The maximum absolute atomic E-state index is 5.09. The summed E-state index contributed by atoms with van der Waals surface area (Å²) in [7, 11) is 1.75. The molecule has 0 aliphatic rings. The Balaban J connectivity index is 1.83. The minimum atomic E-state index is 0.505. The van der Waals surface area contributed by atoms with Crippen LogP contribution in [-0.2, 0) is 11.2 Å². The number of aromatic amines is 1. The van der Waals surface area contributed by atoms with Crippen LogP contribution in [0.1, 0.15) is 36.7 Å². The second-order valence-electron chi connectivity index (χ2n) is 5.83. The molecule has 1 unspecified atom stereocenters. The Labute approximate surface area is 127 Å². The third kappa shape index (κ3) is 4.29. The van der Waals surface area contributed by atoms with Gasteiger partial charge in [0.25, 0.3) is 0 Å². The molecule has 0 saturated heterocycles. The van der Waals surface area contributed by atoms with Gasteiger partial charge in [-0.05, 0) is 57.4 Å². The smallest absolute Gasteiger partial charge is 0.107 e. The van der Waals surface area contributed by atoms with Crippen LogP contribution in [-0.4, -0.2) is 36.3 Å². The van der Waals surface area contributed by atoms with E-state index in [0.717, 1.165) is 49.3 Å². The monoisotopic (exact) mass is 289 g/mol. The molecule has 0 fully saturated rings. The third-order valence-corrected chi connectivity index (χ3v) is 4.07. The number of benzene rings is 1. The van der Waals surface area contributed by atoms with E-state index in [4.69, 9.17) is 9.72 Å². The Bertz CT molecular complexity index is 577. The summed E-state index contributed by atoms with van der Waals surface area (Å²) in [5.74, 6) is 1.09. The molecule has 4 nitrogen and oxygen atoms in total. The predicted octanol–water partition coefficient (Wildman–Crippen LogP) is 3.13. The highest BCUT2D eigenvalue weighted by molar-refractivity contribution is 5.79. The first-order chi connectivity index (χ1) is 10.1. The summed E-state index contributed by atoms with van der Waals surface area (Å²) in [6.45, 7) is 8.30. The van der Waals surface area contributed by atoms with Crippen LogP contribution in [0.3, 0.4) is 0 Å². The van der Waals surface area contributed by atoms with E-state index < -0.39 is 0 Å². The number of nitrogens with one attached hydrogen (secondary N) is 2. The summed E-state index contributed by atoms with van der Waals surface area (Å²) in [6.07, 6.45) is 3.13. The highest BCUT2D eigenvalue weighted by Crippen LogP contribution is 2.19. The first-order valence-corrected chi connectivity index (χ1v) is 7.79. The lowest BCUT2D eigenvalue weighted by Crippen LogP contribution is -2.28. The molecule has 21 heavy (non-hydrogen) atoms. The zero-order valence-corrected chi connectivity index (χ0v) is 13.6. The van der Waals surface area contributed by atoms with Crippen molar-refractivity contribution in [1.29, 1.82) is 0 Å². The topological polar surface area (TPSA) is 49.9 Å². The van der Waals surface area contributed by atoms with E-state index in [0.29, 0.717) is 6.04 Å². The van der Waals surface area contributed by atoms with Crippen molar-refractivity contribution in [2.75, 3.05) is 20.3 Å². The molecule has 2 aromatic rings. The number of methoxy groups -OCH3 is 1. The minimum Gasteiger partial charge on any atom is -0.385 e. The standard InChI is InChI=1S/C17H27N3O/c1-12-7-8-15-17(14(12)3)20-16(19-15)6-5-10-18-13(2)9-11-21-4/h7-8,13,18H,5-6,9-11H2,1-4H3,(H,19,20). The molecule has 0 aliphatic carbocycles. The fourth-order valence-electron chi connectivity index (χ4n) is 2.48. The average Bonchev–Trinajstić information content (AvgIpc) is 2.89. The highest BCUT2D eigenvalue weighted by atomic mass is 16.5. The first-order valence-electron chi connectivity index (χ1n) is 7.79. The van der Waals surface area contributed by atoms with E-state index in [1.807, 2.05) is 0 Å². The molecule has 116 valence electrons. The Morgan fingerprint density at radius 3 is 2.90 bits per heavy atom. The molecule has 0 aliphatic heterocycles. The molecular formula is C17H27N3O. The van der Waals surface area contributed by atoms with E-state index >= 15 is 0 Å². The number of ether oxygens (including phenoxy) is 1. The number of aromatic nitrogens is 2. The summed E-state index contributed by atoms with van der Waals surface area (Å²) in [5.41, 5.74) is 4.84. The Kier molecular flexibility index (Phi) is 5.76. The van der Waals surface area contributed by atoms with E-state index in [1.165, 1.54) is 11.1 Å². The maximum Gasteiger partial charge on any atom is 0.107 e. The maximum atomic E-state index is 5.09. The van der Waals surface area contributed by atoms with Crippen molar-refractivity contribution in [2.24, 2.45) is 0 Å². The van der Waals surface area contributed by atoms with Crippen molar-refractivity contribution >= 4 is 11.0 Å². The van der Waals surface area contributed by atoms with Crippen LogP contribution >= 0.6 is 0 Å². The van der Waals surface area contributed by atoms with Crippen molar-refractivity contribution in [3.05, 3.63) is 29.1 Å². The number of hydrogen-bond donors (Lipinski definition) is 2.